The van der Waals surface area contributed by atoms with Gasteiger partial charge in [0.2, 0.25) is 4.96 Å². The minimum Gasteiger partial charge on any atom is -0.494 e. The molecule has 180 valence electrons. The van der Waals surface area contributed by atoms with Crippen molar-refractivity contribution >= 4 is 33.8 Å². The van der Waals surface area contributed by atoms with Crippen LogP contribution in [0.3, 0.4) is 0 Å². The van der Waals surface area contributed by atoms with Crippen LogP contribution in [0, 0.1) is 0 Å². The van der Waals surface area contributed by atoms with E-state index in [0.29, 0.717) is 65.6 Å². The number of halogens is 1. The molecule has 2 aromatic heterocycles. The van der Waals surface area contributed by atoms with Gasteiger partial charge in [0.1, 0.15) is 10.8 Å². The van der Waals surface area contributed by atoms with Crippen molar-refractivity contribution in [2.45, 2.75) is 13.5 Å². The third kappa shape index (κ3) is 5.07. The van der Waals surface area contributed by atoms with E-state index in [0.717, 1.165) is 11.3 Å². The maximum absolute atomic E-state index is 12.9. The van der Waals surface area contributed by atoms with Crippen LogP contribution in [0.15, 0.2) is 59.4 Å². The third-order valence-electron chi connectivity index (χ3n) is 5.86. The number of rotatable bonds is 6. The van der Waals surface area contributed by atoms with Gasteiger partial charge in [-0.1, -0.05) is 41.1 Å². The monoisotopic (exact) mass is 509 g/mol. The zero-order valence-corrected chi connectivity index (χ0v) is 20.8. The Hall–Kier alpha value is -3.27. The molecule has 0 atom stereocenters. The topological polar surface area (TPSA) is 80.0 Å². The first kappa shape index (κ1) is 23.5. The van der Waals surface area contributed by atoms with E-state index >= 15 is 0 Å². The number of hydrogen-bond donors (Lipinski definition) is 0. The Morgan fingerprint density at radius 3 is 2.54 bits per heavy atom. The van der Waals surface area contributed by atoms with Gasteiger partial charge in [0.25, 0.3) is 11.5 Å². The average Bonchev–Trinajstić information content (AvgIpc) is 3.30. The first-order chi connectivity index (χ1) is 17.0. The molecule has 0 radical (unpaired) electrons. The number of ether oxygens (including phenoxy) is 1. The van der Waals surface area contributed by atoms with E-state index in [4.69, 9.17) is 16.3 Å². The predicted octanol–water partition coefficient (Wildman–Crippen LogP) is 3.83. The van der Waals surface area contributed by atoms with Crippen molar-refractivity contribution in [3.05, 3.63) is 81.2 Å². The van der Waals surface area contributed by atoms with Gasteiger partial charge in [-0.2, -0.15) is 9.61 Å². The van der Waals surface area contributed by atoms with Crippen LogP contribution >= 0.6 is 22.9 Å². The summed E-state index contributed by atoms with van der Waals surface area (Å²) in [4.78, 5) is 34.8. The molecule has 10 heteroatoms. The molecule has 3 heterocycles. The van der Waals surface area contributed by atoms with Crippen LogP contribution in [0.25, 0.3) is 15.5 Å². The second kappa shape index (κ2) is 10.2. The Bertz CT molecular complexity index is 1410. The van der Waals surface area contributed by atoms with Gasteiger partial charge in [-0.15, -0.1) is 0 Å². The van der Waals surface area contributed by atoms with E-state index in [2.05, 4.69) is 15.0 Å². The van der Waals surface area contributed by atoms with Crippen molar-refractivity contribution in [1.82, 2.24) is 24.4 Å². The highest BCUT2D eigenvalue weighted by Crippen LogP contribution is 2.30. The lowest BCUT2D eigenvalue weighted by Crippen LogP contribution is -2.48. The molecule has 0 bridgehead atoms. The van der Waals surface area contributed by atoms with E-state index in [9.17, 15) is 9.59 Å². The number of aromatic nitrogens is 3. The molecule has 2 aromatic carbocycles. The number of piperazine rings is 1. The van der Waals surface area contributed by atoms with E-state index < -0.39 is 0 Å². The van der Waals surface area contributed by atoms with Crippen LogP contribution in [0.4, 0.5) is 0 Å². The van der Waals surface area contributed by atoms with Gasteiger partial charge < -0.3 is 9.64 Å². The summed E-state index contributed by atoms with van der Waals surface area (Å²) < 4.78 is 6.77. The Labute approximate surface area is 211 Å². The lowest BCUT2D eigenvalue weighted by Gasteiger charge is -2.34. The summed E-state index contributed by atoms with van der Waals surface area (Å²) in [6, 6.07) is 16.2. The minimum absolute atomic E-state index is 0.0160. The summed E-state index contributed by atoms with van der Waals surface area (Å²) in [6.07, 6.45) is 0. The molecule has 0 unspecified atom stereocenters. The molecular formula is C25H24ClN5O3S. The highest BCUT2D eigenvalue weighted by molar-refractivity contribution is 7.19. The van der Waals surface area contributed by atoms with Crippen LogP contribution in [0.5, 0.6) is 5.75 Å². The van der Waals surface area contributed by atoms with Crippen molar-refractivity contribution in [2.75, 3.05) is 32.8 Å². The number of fused-ring (bicyclic) bond motifs is 1. The number of carbonyl (C=O) groups is 1. The van der Waals surface area contributed by atoms with Gasteiger partial charge in [-0.25, -0.2) is 4.98 Å². The number of nitrogens with zero attached hydrogens (tertiary/aromatic N) is 5. The lowest BCUT2D eigenvalue weighted by atomic mass is 10.1. The molecular weight excluding hydrogens is 486 g/mol. The van der Waals surface area contributed by atoms with Gasteiger partial charge in [0.05, 0.1) is 17.3 Å². The quantitative estimate of drug-likeness (QED) is 0.393. The summed E-state index contributed by atoms with van der Waals surface area (Å²) >= 11 is 7.63. The summed E-state index contributed by atoms with van der Waals surface area (Å²) in [5, 5.41) is 5.65. The molecule has 1 amide bonds. The molecule has 1 fully saturated rings. The number of amides is 1. The van der Waals surface area contributed by atoms with Gasteiger partial charge in [0.15, 0.2) is 0 Å². The fourth-order valence-corrected chi connectivity index (χ4v) is 5.31. The van der Waals surface area contributed by atoms with Crippen molar-refractivity contribution < 1.29 is 9.53 Å². The summed E-state index contributed by atoms with van der Waals surface area (Å²) in [5.41, 5.74) is 1.90. The van der Waals surface area contributed by atoms with Crippen molar-refractivity contribution in [3.8, 4) is 16.3 Å². The van der Waals surface area contributed by atoms with Crippen molar-refractivity contribution in [2.24, 2.45) is 0 Å². The Morgan fingerprint density at radius 2 is 1.83 bits per heavy atom. The molecule has 0 N–H and O–H groups in total. The fraction of sp³-hybridized carbons (Fsp3) is 0.280. The first-order valence-corrected chi connectivity index (χ1v) is 12.6. The second-order valence-corrected chi connectivity index (χ2v) is 9.56. The number of carbonyl (C=O) groups excluding carboxylic acids is 1. The second-order valence-electron chi connectivity index (χ2n) is 8.19. The normalized spacial score (nSPS) is 14.4. The Morgan fingerprint density at radius 1 is 1.09 bits per heavy atom. The first-order valence-electron chi connectivity index (χ1n) is 11.4. The van der Waals surface area contributed by atoms with E-state index in [1.54, 1.807) is 18.2 Å². The maximum atomic E-state index is 12.9. The highest BCUT2D eigenvalue weighted by atomic mass is 35.5. The summed E-state index contributed by atoms with van der Waals surface area (Å²) in [5.74, 6) is 0.774. The Balaban J connectivity index is 1.24. The summed E-state index contributed by atoms with van der Waals surface area (Å²) in [6.45, 7) is 5.70. The van der Waals surface area contributed by atoms with Crippen molar-refractivity contribution in [1.29, 1.82) is 0 Å². The minimum atomic E-state index is -0.219. The highest BCUT2D eigenvalue weighted by Gasteiger charge is 2.23. The molecule has 1 aliphatic rings. The SMILES string of the molecule is CCOc1ccc(C(=O)N2CCN(Cc3cc(=O)n4nc(-c5ccccc5Cl)sc4n3)CC2)cc1. The zero-order chi connectivity index (χ0) is 24.4. The molecule has 0 aliphatic carbocycles. The largest absolute Gasteiger partial charge is 0.494 e. The van der Waals surface area contributed by atoms with Gasteiger partial charge in [0, 0.05) is 49.9 Å². The standard InChI is InChI=1S/C25H24ClN5O3S/c1-2-34-19-9-7-17(8-10-19)24(33)30-13-11-29(12-14-30)16-18-15-22(32)31-25(27-18)35-23(28-31)20-5-3-4-6-21(20)26/h3-10,15H,2,11-14,16H2,1H3. The van der Waals surface area contributed by atoms with E-state index in [1.807, 2.05) is 42.2 Å². The smallest absolute Gasteiger partial charge is 0.275 e. The molecule has 1 saturated heterocycles. The molecule has 1 aliphatic heterocycles. The summed E-state index contributed by atoms with van der Waals surface area (Å²) in [7, 11) is 0. The molecule has 8 nitrogen and oxygen atoms in total. The maximum Gasteiger partial charge on any atom is 0.275 e. The van der Waals surface area contributed by atoms with Crippen molar-refractivity contribution in [3.63, 3.8) is 0 Å². The van der Waals surface area contributed by atoms with Crippen LogP contribution in [-0.2, 0) is 6.54 Å². The van der Waals surface area contributed by atoms with Crippen LogP contribution in [0.1, 0.15) is 23.0 Å². The van der Waals surface area contributed by atoms with Gasteiger partial charge in [-0.05, 0) is 37.3 Å². The number of hydrogen-bond acceptors (Lipinski definition) is 7. The van der Waals surface area contributed by atoms with Crippen LogP contribution in [-0.4, -0.2) is 63.1 Å². The fourth-order valence-electron chi connectivity index (χ4n) is 4.06. The molecule has 0 spiro atoms. The van der Waals surface area contributed by atoms with Gasteiger partial charge in [-0.3, -0.25) is 14.5 Å². The molecule has 35 heavy (non-hydrogen) atoms. The Kier molecular flexibility index (Phi) is 6.81. The predicted molar refractivity (Wildman–Crippen MR) is 136 cm³/mol. The zero-order valence-electron chi connectivity index (χ0n) is 19.2. The van der Waals surface area contributed by atoms with E-state index in [-0.39, 0.29) is 11.5 Å². The van der Waals surface area contributed by atoms with Crippen LogP contribution < -0.4 is 10.3 Å². The van der Waals surface area contributed by atoms with Gasteiger partial charge >= 0.3 is 0 Å². The van der Waals surface area contributed by atoms with E-state index in [1.165, 1.54) is 21.9 Å². The van der Waals surface area contributed by atoms with Crippen LogP contribution in [0.2, 0.25) is 5.02 Å². The average molecular weight is 510 g/mol. The molecule has 0 saturated carbocycles. The third-order valence-corrected chi connectivity index (χ3v) is 7.13. The molecule has 4 aromatic rings. The number of benzene rings is 2. The molecule has 5 rings (SSSR count). The lowest BCUT2D eigenvalue weighted by molar-refractivity contribution is 0.0627.